The second-order valence-corrected chi connectivity index (χ2v) is 6.03. The van der Waals surface area contributed by atoms with Crippen molar-refractivity contribution in [3.8, 4) is 0 Å². The fourth-order valence-electron chi connectivity index (χ4n) is 2.26. The lowest BCUT2D eigenvalue weighted by molar-refractivity contribution is -0.657. The highest BCUT2D eigenvalue weighted by Crippen LogP contribution is 2.37. The van der Waals surface area contributed by atoms with E-state index < -0.39 is 0 Å². The van der Waals surface area contributed by atoms with E-state index in [-0.39, 0.29) is 5.91 Å². The van der Waals surface area contributed by atoms with Crippen molar-refractivity contribution in [2.45, 2.75) is 0 Å². The Bertz CT molecular complexity index is 743. The zero-order valence-electron chi connectivity index (χ0n) is 10.6. The first-order chi connectivity index (χ1) is 9.50. The van der Waals surface area contributed by atoms with Crippen LogP contribution in [0.3, 0.4) is 0 Å². The number of carbonyl (C=O) groups excluding carboxylic acids is 1. The number of nitrogens with two attached hydrogens (primary N) is 1. The number of halogens is 2. The molecule has 20 heavy (non-hydrogen) atoms. The summed E-state index contributed by atoms with van der Waals surface area (Å²) in [6.45, 7) is 0.464. The molecule has 3 rings (SSSR count). The first kappa shape index (κ1) is 13.4. The molecular formula is C12H12Br2N5O+. The smallest absolute Gasteiger partial charge is 0.347 e. The van der Waals surface area contributed by atoms with Gasteiger partial charge in [-0.15, -0.1) is 0 Å². The van der Waals surface area contributed by atoms with E-state index in [9.17, 15) is 4.79 Å². The second-order valence-electron chi connectivity index (χ2n) is 4.45. The summed E-state index contributed by atoms with van der Waals surface area (Å²) in [5.74, 6) is 0.417. The minimum Gasteiger partial charge on any atom is -0.347 e. The van der Waals surface area contributed by atoms with E-state index in [1.807, 2.05) is 23.9 Å². The minimum absolute atomic E-state index is 0.135. The molecule has 0 atom stereocenters. The Kier molecular flexibility index (Phi) is 3.21. The van der Waals surface area contributed by atoms with Crippen LogP contribution in [-0.2, 0) is 7.05 Å². The Morgan fingerprint density at radius 3 is 2.80 bits per heavy atom. The van der Waals surface area contributed by atoms with Crippen molar-refractivity contribution in [2.24, 2.45) is 7.05 Å². The van der Waals surface area contributed by atoms with Gasteiger partial charge in [-0.25, -0.2) is 9.55 Å². The van der Waals surface area contributed by atoms with E-state index in [0.29, 0.717) is 18.2 Å². The molecule has 0 aromatic carbocycles. The number of anilines is 1. The van der Waals surface area contributed by atoms with Crippen LogP contribution >= 0.6 is 31.9 Å². The van der Waals surface area contributed by atoms with Gasteiger partial charge >= 0.3 is 5.95 Å². The van der Waals surface area contributed by atoms with Crippen LogP contribution in [0.25, 0.3) is 5.57 Å². The summed E-state index contributed by atoms with van der Waals surface area (Å²) in [6.07, 6.45) is 3.80. The lowest BCUT2D eigenvalue weighted by Gasteiger charge is -2.05. The Morgan fingerprint density at radius 2 is 2.15 bits per heavy atom. The van der Waals surface area contributed by atoms with Crippen molar-refractivity contribution >= 4 is 49.3 Å². The van der Waals surface area contributed by atoms with Crippen LogP contribution < -0.4 is 15.6 Å². The number of nitrogen functional groups attached to an aromatic ring is 1. The van der Waals surface area contributed by atoms with Crippen LogP contribution in [0.5, 0.6) is 0 Å². The van der Waals surface area contributed by atoms with Crippen LogP contribution in [-0.4, -0.2) is 22.4 Å². The summed E-state index contributed by atoms with van der Waals surface area (Å²) >= 11 is 6.92. The molecule has 1 aliphatic heterocycles. The van der Waals surface area contributed by atoms with Gasteiger partial charge in [0, 0.05) is 17.7 Å². The SMILES string of the molecule is C[n+]1c(C2=CCNC(=O)c3[nH]c(Br)c(Br)c32)c[nH]c1N. The maximum absolute atomic E-state index is 12.1. The maximum atomic E-state index is 12.1. The van der Waals surface area contributed by atoms with Gasteiger partial charge in [-0.2, -0.15) is 0 Å². The normalized spacial score (nSPS) is 14.6. The van der Waals surface area contributed by atoms with Crippen molar-refractivity contribution in [3.63, 3.8) is 0 Å². The molecule has 0 aliphatic carbocycles. The van der Waals surface area contributed by atoms with Gasteiger partial charge in [0.05, 0.1) is 16.1 Å². The van der Waals surface area contributed by atoms with Crippen LogP contribution in [0.15, 0.2) is 21.3 Å². The van der Waals surface area contributed by atoms with Gasteiger partial charge < -0.3 is 10.3 Å². The third-order valence-electron chi connectivity index (χ3n) is 3.32. The zero-order chi connectivity index (χ0) is 14.4. The summed E-state index contributed by atoms with van der Waals surface area (Å²) in [6, 6.07) is 0. The molecule has 0 saturated carbocycles. The van der Waals surface area contributed by atoms with Crippen LogP contribution in [0, 0.1) is 0 Å². The Labute approximate surface area is 131 Å². The molecule has 2 aromatic heterocycles. The number of amides is 1. The van der Waals surface area contributed by atoms with Crippen molar-refractivity contribution in [3.05, 3.63) is 38.3 Å². The van der Waals surface area contributed by atoms with Crippen molar-refractivity contribution in [1.29, 1.82) is 0 Å². The van der Waals surface area contributed by atoms with Crippen molar-refractivity contribution < 1.29 is 9.36 Å². The van der Waals surface area contributed by atoms with E-state index in [1.165, 1.54) is 0 Å². The standard InChI is InChI=1S/C12H11Br2N5O/c1-19-6(4-17-12(19)15)5-2-3-16-11(20)9-7(5)8(13)10(14)18-9/h2,4H,3H2,1H3,(H4,15,16,17,18,20)/p+1. The third kappa shape index (κ3) is 1.90. The molecular weight excluding hydrogens is 390 g/mol. The number of rotatable bonds is 1. The quantitative estimate of drug-likeness (QED) is 0.544. The number of hydrogen-bond donors (Lipinski definition) is 4. The summed E-state index contributed by atoms with van der Waals surface area (Å²) in [4.78, 5) is 18.1. The highest BCUT2D eigenvalue weighted by Gasteiger charge is 2.28. The van der Waals surface area contributed by atoms with E-state index in [4.69, 9.17) is 5.73 Å². The fraction of sp³-hybridized carbons (Fsp3) is 0.167. The largest absolute Gasteiger partial charge is 0.352 e. The fourth-order valence-corrected chi connectivity index (χ4v) is 3.17. The van der Waals surface area contributed by atoms with Crippen molar-refractivity contribution in [2.75, 3.05) is 12.3 Å². The number of nitrogens with zero attached hydrogens (tertiary/aromatic N) is 1. The predicted molar refractivity (Wildman–Crippen MR) is 82.0 cm³/mol. The number of fused-ring (bicyclic) bond motifs is 1. The molecule has 6 nitrogen and oxygen atoms in total. The van der Waals surface area contributed by atoms with E-state index in [0.717, 1.165) is 25.9 Å². The first-order valence-electron chi connectivity index (χ1n) is 5.89. The molecule has 3 heterocycles. The first-order valence-corrected chi connectivity index (χ1v) is 7.48. The molecule has 104 valence electrons. The molecule has 0 radical (unpaired) electrons. The van der Waals surface area contributed by atoms with E-state index >= 15 is 0 Å². The van der Waals surface area contributed by atoms with Gasteiger partial charge in [0.2, 0.25) is 0 Å². The van der Waals surface area contributed by atoms with Crippen LogP contribution in [0.4, 0.5) is 5.95 Å². The van der Waals surface area contributed by atoms with Crippen LogP contribution in [0.1, 0.15) is 21.7 Å². The summed E-state index contributed by atoms with van der Waals surface area (Å²) in [7, 11) is 1.87. The average Bonchev–Trinajstić information content (AvgIpc) is 2.83. The lowest BCUT2D eigenvalue weighted by Crippen LogP contribution is -2.34. The molecule has 5 N–H and O–H groups in total. The minimum atomic E-state index is -0.135. The number of H-pyrrole nitrogens is 2. The number of carbonyl (C=O) groups is 1. The van der Waals surface area contributed by atoms with Gasteiger partial charge in [0.15, 0.2) is 0 Å². The van der Waals surface area contributed by atoms with E-state index in [1.54, 1.807) is 0 Å². The summed E-state index contributed by atoms with van der Waals surface area (Å²) < 4.78 is 3.39. The average molecular weight is 402 g/mol. The summed E-state index contributed by atoms with van der Waals surface area (Å²) in [5, 5.41) is 2.83. The summed E-state index contributed by atoms with van der Waals surface area (Å²) in [5.41, 5.74) is 9.03. The molecule has 1 aliphatic rings. The maximum Gasteiger partial charge on any atom is 0.352 e. The number of nitrogens with one attached hydrogen (secondary N) is 3. The topological polar surface area (TPSA) is 90.6 Å². The molecule has 1 amide bonds. The molecule has 0 saturated heterocycles. The highest BCUT2D eigenvalue weighted by molar-refractivity contribution is 9.13. The van der Waals surface area contributed by atoms with Gasteiger partial charge in [-0.1, -0.05) is 6.08 Å². The number of aromatic nitrogens is 3. The van der Waals surface area contributed by atoms with Gasteiger partial charge in [0.25, 0.3) is 5.91 Å². The predicted octanol–water partition coefficient (Wildman–Crippen LogP) is 1.45. The van der Waals surface area contributed by atoms with E-state index in [2.05, 4.69) is 47.1 Å². The molecule has 0 fully saturated rings. The zero-order valence-corrected chi connectivity index (χ0v) is 13.7. The van der Waals surface area contributed by atoms with Gasteiger partial charge in [-0.3, -0.25) is 10.5 Å². The second kappa shape index (κ2) is 4.78. The molecule has 0 bridgehead atoms. The Balaban J connectivity index is 2.27. The highest BCUT2D eigenvalue weighted by atomic mass is 79.9. The Hall–Kier alpha value is -1.54. The monoisotopic (exact) mass is 400 g/mol. The molecule has 0 spiro atoms. The Morgan fingerprint density at radius 1 is 1.40 bits per heavy atom. The van der Waals surface area contributed by atoms with Gasteiger partial charge in [-0.05, 0) is 31.9 Å². The lowest BCUT2D eigenvalue weighted by atomic mass is 10.0. The number of aromatic amines is 2. The van der Waals surface area contributed by atoms with Crippen LogP contribution in [0.2, 0.25) is 0 Å². The number of hydrogen-bond acceptors (Lipinski definition) is 2. The molecule has 0 unspecified atom stereocenters. The van der Waals surface area contributed by atoms with Crippen molar-refractivity contribution in [1.82, 2.24) is 15.3 Å². The molecule has 2 aromatic rings. The van der Waals surface area contributed by atoms with Gasteiger partial charge in [0.1, 0.15) is 17.6 Å². The molecule has 8 heteroatoms. The third-order valence-corrected chi connectivity index (χ3v) is 5.24. The number of imidazole rings is 1.